The van der Waals surface area contributed by atoms with Gasteiger partial charge in [0.1, 0.15) is 5.60 Å². The molecule has 0 rings (SSSR count). The highest BCUT2D eigenvalue weighted by molar-refractivity contribution is 5.57. The molecule has 1 N–H and O–H groups in total. The van der Waals surface area contributed by atoms with Crippen LogP contribution >= 0.6 is 0 Å². The second-order valence-corrected chi connectivity index (χ2v) is 5.08. The van der Waals surface area contributed by atoms with E-state index < -0.39 is 11.8 Å². The van der Waals surface area contributed by atoms with Crippen LogP contribution in [0, 0.1) is 0 Å². The van der Waals surface area contributed by atoms with Crippen LogP contribution in [0.3, 0.4) is 0 Å². The van der Waals surface area contributed by atoms with Crippen molar-refractivity contribution >= 4 is 6.16 Å². The van der Waals surface area contributed by atoms with Gasteiger partial charge in [-0.25, -0.2) is 4.79 Å². The zero-order valence-electron chi connectivity index (χ0n) is 11.2. The molecule has 3 heteroatoms. The van der Waals surface area contributed by atoms with E-state index in [2.05, 4.69) is 6.58 Å². The fourth-order valence-electron chi connectivity index (χ4n) is 1.83. The largest absolute Gasteiger partial charge is 0.506 e. The molecule has 0 heterocycles. The Balaban J connectivity index is 3.38. The fourth-order valence-corrected chi connectivity index (χ4v) is 1.83. The van der Waals surface area contributed by atoms with Gasteiger partial charge >= 0.3 is 6.16 Å². The minimum atomic E-state index is -1.18. The van der Waals surface area contributed by atoms with Crippen molar-refractivity contribution in [1.82, 2.24) is 0 Å². The first-order valence-electron chi connectivity index (χ1n) is 6.51. The molecule has 0 aliphatic heterocycles. The van der Waals surface area contributed by atoms with Crippen LogP contribution in [0.2, 0.25) is 0 Å². The maximum absolute atomic E-state index is 10.4. The van der Waals surface area contributed by atoms with Crippen molar-refractivity contribution in [3.05, 3.63) is 12.7 Å². The molecule has 0 aromatic heterocycles. The molecular formula is C14H26O3. The van der Waals surface area contributed by atoms with Crippen molar-refractivity contribution in [2.75, 3.05) is 0 Å². The summed E-state index contributed by atoms with van der Waals surface area (Å²) in [4.78, 5) is 10.4. The summed E-state index contributed by atoms with van der Waals surface area (Å²) in [5, 5.41) is 8.54. The Bertz CT molecular complexity index is 222. The predicted molar refractivity (Wildman–Crippen MR) is 70.3 cm³/mol. The lowest BCUT2D eigenvalue weighted by Crippen LogP contribution is -2.27. The third kappa shape index (κ3) is 11.3. The Morgan fingerprint density at radius 2 is 1.71 bits per heavy atom. The van der Waals surface area contributed by atoms with Gasteiger partial charge in [-0.05, 0) is 39.5 Å². The Morgan fingerprint density at radius 3 is 2.24 bits per heavy atom. The molecule has 0 saturated heterocycles. The number of allylic oxidation sites excluding steroid dienone is 1. The number of rotatable bonds is 10. The average molecular weight is 242 g/mol. The molecule has 100 valence electrons. The highest BCUT2D eigenvalue weighted by Gasteiger charge is 2.21. The Hall–Kier alpha value is -0.990. The molecule has 0 fully saturated rings. The molecule has 0 atom stereocenters. The molecular weight excluding hydrogens is 216 g/mol. The quantitative estimate of drug-likeness (QED) is 0.341. The standard InChI is InChI=1S/C14H26O3/c1-4-5-6-7-8-9-10-11-12-14(2,3)17-13(15)16/h4H,1,5-12H2,2-3H3,(H,15,16). The molecule has 0 amide bonds. The SMILES string of the molecule is C=CCCCCCCCCC(C)(C)OC(=O)O. The first kappa shape index (κ1) is 16.0. The lowest BCUT2D eigenvalue weighted by atomic mass is 9.99. The van der Waals surface area contributed by atoms with Crippen LogP contribution in [-0.2, 0) is 4.74 Å². The molecule has 17 heavy (non-hydrogen) atoms. The van der Waals surface area contributed by atoms with Gasteiger partial charge < -0.3 is 9.84 Å². The number of unbranched alkanes of at least 4 members (excludes halogenated alkanes) is 6. The Morgan fingerprint density at radius 1 is 1.18 bits per heavy atom. The summed E-state index contributed by atoms with van der Waals surface area (Å²) in [5.74, 6) is 0. The van der Waals surface area contributed by atoms with Crippen LogP contribution in [0.1, 0.15) is 65.2 Å². The molecule has 0 aromatic carbocycles. The molecule has 0 bridgehead atoms. The van der Waals surface area contributed by atoms with E-state index in [1.807, 2.05) is 19.9 Å². The van der Waals surface area contributed by atoms with Crippen LogP contribution in [0.4, 0.5) is 4.79 Å². The summed E-state index contributed by atoms with van der Waals surface area (Å²) < 4.78 is 4.80. The molecule has 0 unspecified atom stereocenters. The van der Waals surface area contributed by atoms with Crippen molar-refractivity contribution in [3.63, 3.8) is 0 Å². The zero-order valence-corrected chi connectivity index (χ0v) is 11.2. The van der Waals surface area contributed by atoms with Gasteiger partial charge in [0, 0.05) is 0 Å². The highest BCUT2D eigenvalue weighted by Crippen LogP contribution is 2.19. The van der Waals surface area contributed by atoms with Gasteiger partial charge in [0.05, 0.1) is 0 Å². The van der Waals surface area contributed by atoms with Crippen LogP contribution < -0.4 is 0 Å². The number of carbonyl (C=O) groups is 1. The van der Waals surface area contributed by atoms with Crippen molar-refractivity contribution in [1.29, 1.82) is 0 Å². The zero-order chi connectivity index (χ0) is 13.1. The van der Waals surface area contributed by atoms with E-state index in [0.717, 1.165) is 25.7 Å². The molecule has 0 radical (unpaired) electrons. The molecule has 3 nitrogen and oxygen atoms in total. The number of carboxylic acid groups (broad SMARTS) is 1. The summed E-state index contributed by atoms with van der Waals surface area (Å²) >= 11 is 0. The maximum atomic E-state index is 10.4. The number of hydrogen-bond acceptors (Lipinski definition) is 2. The van der Waals surface area contributed by atoms with E-state index in [1.54, 1.807) is 0 Å². The minimum absolute atomic E-state index is 0.547. The van der Waals surface area contributed by atoms with Crippen LogP contribution in [0.15, 0.2) is 12.7 Å². The van der Waals surface area contributed by atoms with Crippen molar-refractivity contribution in [2.45, 2.75) is 70.8 Å². The lowest BCUT2D eigenvalue weighted by molar-refractivity contribution is -0.00230. The van der Waals surface area contributed by atoms with E-state index in [-0.39, 0.29) is 0 Å². The first-order chi connectivity index (χ1) is 7.98. The summed E-state index contributed by atoms with van der Waals surface area (Å²) in [5.41, 5.74) is -0.547. The molecule has 0 aliphatic rings. The lowest BCUT2D eigenvalue weighted by Gasteiger charge is -2.22. The van der Waals surface area contributed by atoms with Gasteiger partial charge in [0.25, 0.3) is 0 Å². The fraction of sp³-hybridized carbons (Fsp3) is 0.786. The van der Waals surface area contributed by atoms with E-state index in [9.17, 15) is 4.79 Å². The van der Waals surface area contributed by atoms with E-state index in [4.69, 9.17) is 9.84 Å². The van der Waals surface area contributed by atoms with Gasteiger partial charge in [-0.1, -0.05) is 31.8 Å². The maximum Gasteiger partial charge on any atom is 0.506 e. The van der Waals surface area contributed by atoms with Gasteiger partial charge in [0.15, 0.2) is 0 Å². The Kier molecular flexibility index (Phi) is 8.55. The predicted octanol–water partition coefficient (Wildman–Crippen LogP) is 4.77. The molecule has 0 aromatic rings. The van der Waals surface area contributed by atoms with Gasteiger partial charge in [0.2, 0.25) is 0 Å². The normalized spacial score (nSPS) is 11.2. The monoisotopic (exact) mass is 242 g/mol. The smallest absolute Gasteiger partial charge is 0.450 e. The summed E-state index contributed by atoms with van der Waals surface area (Å²) in [6.45, 7) is 7.35. The topological polar surface area (TPSA) is 46.5 Å². The average Bonchev–Trinajstić information content (AvgIpc) is 2.20. The van der Waals surface area contributed by atoms with Gasteiger partial charge in [-0.3, -0.25) is 0 Å². The summed E-state index contributed by atoms with van der Waals surface area (Å²) in [7, 11) is 0. The van der Waals surface area contributed by atoms with Crippen molar-refractivity contribution in [3.8, 4) is 0 Å². The third-order valence-electron chi connectivity index (χ3n) is 2.80. The highest BCUT2D eigenvalue weighted by atomic mass is 16.7. The first-order valence-corrected chi connectivity index (χ1v) is 6.51. The summed E-state index contributed by atoms with van der Waals surface area (Å²) in [6.07, 6.45) is 9.85. The van der Waals surface area contributed by atoms with E-state index in [0.29, 0.717) is 0 Å². The third-order valence-corrected chi connectivity index (χ3v) is 2.80. The van der Waals surface area contributed by atoms with Crippen molar-refractivity contribution < 1.29 is 14.6 Å². The number of hydrogen-bond donors (Lipinski definition) is 1. The van der Waals surface area contributed by atoms with Crippen LogP contribution in [-0.4, -0.2) is 16.9 Å². The van der Waals surface area contributed by atoms with Gasteiger partial charge in [-0.15, -0.1) is 6.58 Å². The van der Waals surface area contributed by atoms with Crippen LogP contribution in [0.25, 0.3) is 0 Å². The molecule has 0 spiro atoms. The van der Waals surface area contributed by atoms with E-state index >= 15 is 0 Å². The second kappa shape index (κ2) is 9.08. The molecule has 0 saturated carbocycles. The second-order valence-electron chi connectivity index (χ2n) is 5.08. The number of ether oxygens (including phenoxy) is 1. The Labute approximate surface area is 105 Å². The van der Waals surface area contributed by atoms with Crippen LogP contribution in [0.5, 0.6) is 0 Å². The minimum Gasteiger partial charge on any atom is -0.450 e. The summed E-state index contributed by atoms with van der Waals surface area (Å²) in [6, 6.07) is 0. The molecule has 0 aliphatic carbocycles. The van der Waals surface area contributed by atoms with Crippen molar-refractivity contribution in [2.24, 2.45) is 0 Å². The van der Waals surface area contributed by atoms with Gasteiger partial charge in [-0.2, -0.15) is 0 Å². The van der Waals surface area contributed by atoms with E-state index in [1.165, 1.54) is 25.7 Å².